The summed E-state index contributed by atoms with van der Waals surface area (Å²) in [6, 6.07) is 8.39. The van der Waals surface area contributed by atoms with E-state index in [-0.39, 0.29) is 24.6 Å². The quantitative estimate of drug-likeness (QED) is 0.527. The largest absolute Gasteiger partial charge is 0.331 e. The highest BCUT2D eigenvalue weighted by Crippen LogP contribution is 2.20. The smallest absolute Gasteiger partial charge is 0.264 e. The lowest BCUT2D eigenvalue weighted by Gasteiger charge is -2.19. The predicted molar refractivity (Wildman–Crippen MR) is 119 cm³/mol. The molecule has 0 aliphatic carbocycles. The number of aromatic nitrogens is 2. The third-order valence-corrected chi connectivity index (χ3v) is 6.43. The normalized spacial score (nSPS) is 11.7. The number of rotatable bonds is 8. The molecule has 0 spiro atoms. The number of carbonyl (C=O) groups excluding carboxylic acids is 1. The molecule has 3 aromatic rings. The summed E-state index contributed by atoms with van der Waals surface area (Å²) in [5.74, 6) is 0.192. The molecule has 3 rings (SSSR count). The maximum Gasteiger partial charge on any atom is 0.264 e. The van der Waals surface area contributed by atoms with Crippen LogP contribution in [0.15, 0.2) is 35.1 Å². The highest BCUT2D eigenvalue weighted by atomic mass is 35.5. The minimum Gasteiger partial charge on any atom is -0.331 e. The van der Waals surface area contributed by atoms with Crippen molar-refractivity contribution in [1.29, 1.82) is 0 Å². The third kappa shape index (κ3) is 5.66. The Morgan fingerprint density at radius 2 is 2.07 bits per heavy atom. The maximum atomic E-state index is 12.9. The number of nitrogens with zero attached hydrogens (tertiary/aromatic N) is 2. The number of aromatic amines is 1. The zero-order valence-electron chi connectivity index (χ0n) is 16.4. The first-order valence-electron chi connectivity index (χ1n) is 9.17. The summed E-state index contributed by atoms with van der Waals surface area (Å²) in [7, 11) is -3.24. The predicted octanol–water partition coefficient (Wildman–Crippen LogP) is 2.39. The standard InChI is InChI=1S/C19H21ClN4O4S2/c1-3-24(11-17-22-15-10-12(20)4-6-14(15)18(25)23-17)19(26)16-7-5-13(29-16)8-9-21-30(2,27)28/h4-7,10,21H,3,8-9,11H2,1-2H3,(H,22,23,25). The molecule has 11 heteroatoms. The molecular formula is C19H21ClN4O4S2. The molecule has 2 aromatic heterocycles. The average molecular weight is 469 g/mol. The van der Waals surface area contributed by atoms with Crippen LogP contribution in [0.1, 0.15) is 27.3 Å². The van der Waals surface area contributed by atoms with Gasteiger partial charge >= 0.3 is 0 Å². The summed E-state index contributed by atoms with van der Waals surface area (Å²) in [4.78, 5) is 35.4. The fourth-order valence-corrected chi connectivity index (χ4v) is 4.50. The number of sulfonamides is 1. The lowest BCUT2D eigenvalue weighted by molar-refractivity contribution is 0.0753. The highest BCUT2D eigenvalue weighted by Gasteiger charge is 2.18. The SMILES string of the molecule is CCN(Cc1nc2cc(Cl)ccc2c(=O)[nH]1)C(=O)c1ccc(CCNS(C)(=O)=O)s1. The minimum atomic E-state index is -3.24. The molecule has 1 amide bonds. The van der Waals surface area contributed by atoms with E-state index >= 15 is 0 Å². The molecule has 0 radical (unpaired) electrons. The second kappa shape index (κ2) is 9.25. The lowest BCUT2D eigenvalue weighted by Crippen LogP contribution is -2.31. The Morgan fingerprint density at radius 1 is 1.30 bits per heavy atom. The number of hydrogen-bond donors (Lipinski definition) is 2. The van der Waals surface area contributed by atoms with E-state index < -0.39 is 10.0 Å². The van der Waals surface area contributed by atoms with Crippen LogP contribution in [0.25, 0.3) is 10.9 Å². The van der Waals surface area contributed by atoms with Crippen LogP contribution in [0.4, 0.5) is 0 Å². The minimum absolute atomic E-state index is 0.149. The van der Waals surface area contributed by atoms with Crippen LogP contribution in [0.5, 0.6) is 0 Å². The molecule has 30 heavy (non-hydrogen) atoms. The summed E-state index contributed by atoms with van der Waals surface area (Å²) >= 11 is 7.31. The number of H-pyrrole nitrogens is 1. The van der Waals surface area contributed by atoms with Crippen LogP contribution >= 0.6 is 22.9 Å². The number of hydrogen-bond acceptors (Lipinski definition) is 6. The number of carbonyl (C=O) groups is 1. The Kier molecular flexibility index (Phi) is 6.91. The van der Waals surface area contributed by atoms with Crippen molar-refractivity contribution in [2.24, 2.45) is 0 Å². The van der Waals surface area contributed by atoms with E-state index in [1.165, 1.54) is 11.3 Å². The van der Waals surface area contributed by atoms with Gasteiger partial charge in [0.25, 0.3) is 11.5 Å². The topological polar surface area (TPSA) is 112 Å². The van der Waals surface area contributed by atoms with Gasteiger partial charge in [-0.1, -0.05) is 11.6 Å². The zero-order chi connectivity index (χ0) is 21.9. The molecule has 1 aromatic carbocycles. The van der Waals surface area contributed by atoms with Gasteiger partial charge in [-0.3, -0.25) is 9.59 Å². The summed E-state index contributed by atoms with van der Waals surface area (Å²) in [5.41, 5.74) is 0.188. The van der Waals surface area contributed by atoms with E-state index in [1.54, 1.807) is 29.2 Å². The molecule has 0 aliphatic rings. The number of amides is 1. The fourth-order valence-electron chi connectivity index (χ4n) is 2.89. The summed E-state index contributed by atoms with van der Waals surface area (Å²) in [6.07, 6.45) is 1.60. The second-order valence-corrected chi connectivity index (χ2v) is 10.1. The number of halogens is 1. The summed E-state index contributed by atoms with van der Waals surface area (Å²) < 4.78 is 24.7. The van der Waals surface area contributed by atoms with Crippen molar-refractivity contribution >= 4 is 49.8 Å². The van der Waals surface area contributed by atoms with Crippen molar-refractivity contribution in [3.63, 3.8) is 0 Å². The van der Waals surface area contributed by atoms with Crippen molar-refractivity contribution in [3.05, 3.63) is 61.3 Å². The Hall–Kier alpha value is -2.27. The van der Waals surface area contributed by atoms with Gasteiger partial charge in [0.05, 0.1) is 28.6 Å². The molecule has 0 aliphatic heterocycles. The van der Waals surface area contributed by atoms with E-state index in [0.717, 1.165) is 11.1 Å². The van der Waals surface area contributed by atoms with Crippen LogP contribution in [0.2, 0.25) is 5.02 Å². The molecular weight excluding hydrogens is 448 g/mol. The number of nitrogens with one attached hydrogen (secondary N) is 2. The van der Waals surface area contributed by atoms with Gasteiger partial charge in [-0.2, -0.15) is 0 Å². The monoisotopic (exact) mass is 468 g/mol. The van der Waals surface area contributed by atoms with E-state index in [0.29, 0.717) is 39.6 Å². The Labute approximate surface area is 183 Å². The van der Waals surface area contributed by atoms with Crippen molar-refractivity contribution in [1.82, 2.24) is 19.6 Å². The van der Waals surface area contributed by atoms with Gasteiger partial charge in [0.2, 0.25) is 10.0 Å². The molecule has 0 bridgehead atoms. The van der Waals surface area contributed by atoms with E-state index in [2.05, 4.69) is 14.7 Å². The zero-order valence-corrected chi connectivity index (χ0v) is 18.8. The highest BCUT2D eigenvalue weighted by molar-refractivity contribution is 7.88. The number of thiophene rings is 1. The van der Waals surface area contributed by atoms with Gasteiger partial charge in [0, 0.05) is 23.0 Å². The average Bonchev–Trinajstić information content (AvgIpc) is 3.13. The van der Waals surface area contributed by atoms with Crippen LogP contribution in [-0.4, -0.2) is 48.5 Å². The van der Waals surface area contributed by atoms with Crippen LogP contribution < -0.4 is 10.3 Å². The Morgan fingerprint density at radius 3 is 2.77 bits per heavy atom. The maximum absolute atomic E-state index is 12.9. The Balaban J connectivity index is 1.74. The van der Waals surface area contributed by atoms with Crippen molar-refractivity contribution in [3.8, 4) is 0 Å². The second-order valence-electron chi connectivity index (χ2n) is 6.68. The van der Waals surface area contributed by atoms with E-state index in [4.69, 9.17) is 11.6 Å². The molecule has 0 unspecified atom stereocenters. The van der Waals surface area contributed by atoms with Crippen LogP contribution in [-0.2, 0) is 23.0 Å². The molecule has 8 nitrogen and oxygen atoms in total. The van der Waals surface area contributed by atoms with Gasteiger partial charge in [0.15, 0.2) is 0 Å². The molecule has 0 fully saturated rings. The first-order valence-corrected chi connectivity index (χ1v) is 12.3. The first kappa shape index (κ1) is 22.4. The number of benzene rings is 1. The number of fused-ring (bicyclic) bond motifs is 1. The molecule has 0 saturated heterocycles. The van der Waals surface area contributed by atoms with Crippen molar-refractivity contribution in [2.75, 3.05) is 19.3 Å². The fraction of sp³-hybridized carbons (Fsp3) is 0.316. The molecule has 2 N–H and O–H groups in total. The molecule has 2 heterocycles. The van der Waals surface area contributed by atoms with Crippen LogP contribution in [0.3, 0.4) is 0 Å². The van der Waals surface area contributed by atoms with Gasteiger partial charge < -0.3 is 9.88 Å². The third-order valence-electron chi connectivity index (χ3n) is 4.34. The Bertz CT molecular complexity index is 1240. The van der Waals surface area contributed by atoms with Gasteiger partial charge in [-0.05, 0) is 43.7 Å². The van der Waals surface area contributed by atoms with E-state index in [9.17, 15) is 18.0 Å². The summed E-state index contributed by atoms with van der Waals surface area (Å²) in [5, 5.41) is 0.912. The molecule has 0 saturated carbocycles. The van der Waals surface area contributed by atoms with Gasteiger partial charge in [0.1, 0.15) is 5.82 Å². The summed E-state index contributed by atoms with van der Waals surface area (Å²) in [6.45, 7) is 2.70. The van der Waals surface area contributed by atoms with E-state index in [1.807, 2.05) is 13.0 Å². The first-order chi connectivity index (χ1) is 14.2. The lowest BCUT2D eigenvalue weighted by atomic mass is 10.2. The molecule has 160 valence electrons. The van der Waals surface area contributed by atoms with Crippen LogP contribution in [0, 0.1) is 0 Å². The van der Waals surface area contributed by atoms with Crippen molar-refractivity contribution < 1.29 is 13.2 Å². The van der Waals surface area contributed by atoms with Crippen molar-refractivity contribution in [2.45, 2.75) is 19.9 Å². The molecule has 0 atom stereocenters. The van der Waals surface area contributed by atoms with Gasteiger partial charge in [-0.25, -0.2) is 18.1 Å². The van der Waals surface area contributed by atoms with Gasteiger partial charge in [-0.15, -0.1) is 11.3 Å².